The van der Waals surface area contributed by atoms with Gasteiger partial charge >= 0.3 is 0 Å². The molecule has 1 atom stereocenters. The fourth-order valence-corrected chi connectivity index (χ4v) is 0.939. The van der Waals surface area contributed by atoms with E-state index < -0.39 is 18.4 Å². The van der Waals surface area contributed by atoms with E-state index in [1.807, 2.05) is 0 Å². The molecule has 1 heterocycles. The van der Waals surface area contributed by atoms with Gasteiger partial charge in [-0.3, -0.25) is 4.79 Å². The molecule has 0 bridgehead atoms. The van der Waals surface area contributed by atoms with Gasteiger partial charge in [-0.15, -0.1) is 0 Å². The summed E-state index contributed by atoms with van der Waals surface area (Å²) in [5.41, 5.74) is 4.67. The molecule has 1 amide bonds. The molecule has 13 heavy (non-hydrogen) atoms. The SMILES string of the molecule is NC(=O)C(Oc1csnn1)C(F)F. The summed E-state index contributed by atoms with van der Waals surface area (Å²) in [6.07, 6.45) is -4.94. The van der Waals surface area contributed by atoms with Crippen molar-refractivity contribution in [2.75, 3.05) is 0 Å². The molecule has 2 N–H and O–H groups in total. The van der Waals surface area contributed by atoms with E-state index in [0.717, 1.165) is 11.5 Å². The lowest BCUT2D eigenvalue weighted by atomic mass is 10.3. The minimum atomic E-state index is -2.97. The number of amides is 1. The first-order chi connectivity index (χ1) is 6.11. The van der Waals surface area contributed by atoms with Crippen molar-refractivity contribution in [2.45, 2.75) is 12.5 Å². The quantitative estimate of drug-likeness (QED) is 0.759. The van der Waals surface area contributed by atoms with E-state index in [0.29, 0.717) is 0 Å². The molecular formula is C5H5F2N3O2S. The first-order valence-electron chi connectivity index (χ1n) is 3.12. The van der Waals surface area contributed by atoms with Crippen LogP contribution in [-0.2, 0) is 4.79 Å². The van der Waals surface area contributed by atoms with Gasteiger partial charge in [0.05, 0.1) is 5.38 Å². The molecule has 0 aromatic carbocycles. The van der Waals surface area contributed by atoms with Crippen LogP contribution in [0, 0.1) is 0 Å². The van der Waals surface area contributed by atoms with Crippen molar-refractivity contribution in [1.29, 1.82) is 0 Å². The first kappa shape index (κ1) is 9.78. The monoisotopic (exact) mass is 209 g/mol. The predicted octanol–water partition coefficient (Wildman–Crippen LogP) is 0.0359. The Hall–Kier alpha value is -1.31. The summed E-state index contributed by atoms with van der Waals surface area (Å²) >= 11 is 0.922. The zero-order valence-electron chi connectivity index (χ0n) is 6.18. The molecule has 0 radical (unpaired) electrons. The van der Waals surface area contributed by atoms with Gasteiger partial charge < -0.3 is 10.5 Å². The third-order valence-corrected chi connectivity index (χ3v) is 1.58. The number of primary amides is 1. The van der Waals surface area contributed by atoms with E-state index in [2.05, 4.69) is 20.1 Å². The van der Waals surface area contributed by atoms with Gasteiger partial charge in [0.2, 0.25) is 12.0 Å². The molecule has 0 aliphatic carbocycles. The third-order valence-electron chi connectivity index (χ3n) is 1.10. The van der Waals surface area contributed by atoms with Crippen LogP contribution in [0.2, 0.25) is 0 Å². The predicted molar refractivity (Wildman–Crippen MR) is 39.5 cm³/mol. The Labute approximate surface area is 75.7 Å². The van der Waals surface area contributed by atoms with E-state index in [1.54, 1.807) is 0 Å². The fraction of sp³-hybridized carbons (Fsp3) is 0.400. The van der Waals surface area contributed by atoms with Crippen molar-refractivity contribution in [3.8, 4) is 5.88 Å². The number of rotatable bonds is 4. The van der Waals surface area contributed by atoms with E-state index in [9.17, 15) is 13.6 Å². The highest BCUT2D eigenvalue weighted by Gasteiger charge is 2.28. The lowest BCUT2D eigenvalue weighted by Gasteiger charge is -2.11. The average molecular weight is 209 g/mol. The van der Waals surface area contributed by atoms with Crippen LogP contribution in [0.4, 0.5) is 8.78 Å². The highest BCUT2D eigenvalue weighted by atomic mass is 32.1. The summed E-state index contributed by atoms with van der Waals surface area (Å²) in [4.78, 5) is 10.4. The number of hydrogen-bond donors (Lipinski definition) is 1. The second-order valence-electron chi connectivity index (χ2n) is 2.02. The van der Waals surface area contributed by atoms with Crippen LogP contribution >= 0.6 is 11.5 Å². The average Bonchev–Trinajstić information content (AvgIpc) is 2.50. The molecule has 5 nitrogen and oxygen atoms in total. The molecule has 0 spiro atoms. The lowest BCUT2D eigenvalue weighted by Crippen LogP contribution is -2.39. The van der Waals surface area contributed by atoms with Gasteiger partial charge in [-0.05, 0) is 11.5 Å². The zero-order chi connectivity index (χ0) is 9.84. The van der Waals surface area contributed by atoms with Gasteiger partial charge in [-0.1, -0.05) is 9.59 Å². The Bertz CT molecular complexity index is 279. The van der Waals surface area contributed by atoms with Crippen LogP contribution in [-0.4, -0.2) is 28.0 Å². The molecular weight excluding hydrogens is 204 g/mol. The third kappa shape index (κ3) is 2.58. The van der Waals surface area contributed by atoms with Gasteiger partial charge in [0.1, 0.15) is 0 Å². The Morgan fingerprint density at radius 3 is 2.77 bits per heavy atom. The van der Waals surface area contributed by atoms with Gasteiger partial charge in [0.25, 0.3) is 12.3 Å². The number of alkyl halides is 2. The maximum Gasteiger partial charge on any atom is 0.284 e. The van der Waals surface area contributed by atoms with Crippen molar-refractivity contribution < 1.29 is 18.3 Å². The van der Waals surface area contributed by atoms with Crippen LogP contribution < -0.4 is 10.5 Å². The van der Waals surface area contributed by atoms with Crippen LogP contribution in [0.3, 0.4) is 0 Å². The Morgan fingerprint density at radius 2 is 2.38 bits per heavy atom. The van der Waals surface area contributed by atoms with Gasteiger partial charge in [-0.25, -0.2) is 8.78 Å². The molecule has 8 heteroatoms. The van der Waals surface area contributed by atoms with Crippen molar-refractivity contribution in [3.05, 3.63) is 5.38 Å². The summed E-state index contributed by atoms with van der Waals surface area (Å²) in [7, 11) is 0. The van der Waals surface area contributed by atoms with Gasteiger partial charge in [-0.2, -0.15) is 0 Å². The lowest BCUT2D eigenvalue weighted by molar-refractivity contribution is -0.131. The summed E-state index contributed by atoms with van der Waals surface area (Å²) in [5, 5.41) is 4.62. The summed E-state index contributed by atoms with van der Waals surface area (Å²) in [6.45, 7) is 0. The standard InChI is InChI=1S/C5H5F2N3O2S/c6-4(7)3(5(8)11)12-2-1-13-10-9-2/h1,3-4H,(H2,8,11). The Kier molecular flexibility index (Phi) is 3.07. The molecule has 0 saturated heterocycles. The molecule has 1 aromatic rings. The normalized spacial score (nSPS) is 12.8. The van der Waals surface area contributed by atoms with E-state index >= 15 is 0 Å². The highest BCUT2D eigenvalue weighted by Crippen LogP contribution is 2.13. The number of nitrogens with zero attached hydrogens (tertiary/aromatic N) is 2. The van der Waals surface area contributed by atoms with Crippen LogP contribution in [0.5, 0.6) is 5.88 Å². The topological polar surface area (TPSA) is 78.1 Å². The second kappa shape index (κ2) is 4.08. The van der Waals surface area contributed by atoms with Crippen LogP contribution in [0.25, 0.3) is 0 Å². The molecule has 1 rings (SSSR count). The number of ether oxygens (including phenoxy) is 1. The minimum absolute atomic E-state index is 0.130. The first-order valence-corrected chi connectivity index (χ1v) is 3.96. The van der Waals surface area contributed by atoms with E-state index in [1.165, 1.54) is 5.38 Å². The highest BCUT2D eigenvalue weighted by molar-refractivity contribution is 7.03. The Morgan fingerprint density at radius 1 is 1.69 bits per heavy atom. The number of halogens is 2. The molecule has 0 aliphatic rings. The summed E-state index contributed by atoms with van der Waals surface area (Å²) in [6, 6.07) is 0. The smallest absolute Gasteiger partial charge is 0.284 e. The molecule has 0 fully saturated rings. The van der Waals surface area contributed by atoms with Crippen LogP contribution in [0.15, 0.2) is 5.38 Å². The van der Waals surface area contributed by atoms with E-state index in [-0.39, 0.29) is 5.88 Å². The van der Waals surface area contributed by atoms with Gasteiger partial charge in [0, 0.05) is 0 Å². The number of nitrogens with two attached hydrogens (primary N) is 1. The molecule has 0 saturated carbocycles. The number of carbonyl (C=O) groups excluding carboxylic acids is 1. The fourth-order valence-electron chi connectivity index (χ4n) is 0.571. The minimum Gasteiger partial charge on any atom is -0.456 e. The van der Waals surface area contributed by atoms with E-state index in [4.69, 9.17) is 0 Å². The van der Waals surface area contributed by atoms with Gasteiger partial charge in [0.15, 0.2) is 0 Å². The molecule has 72 valence electrons. The molecule has 1 aromatic heterocycles. The number of aromatic nitrogens is 2. The maximum atomic E-state index is 12.1. The largest absolute Gasteiger partial charge is 0.456 e. The number of hydrogen-bond acceptors (Lipinski definition) is 5. The number of carbonyl (C=O) groups is 1. The maximum absolute atomic E-state index is 12.1. The van der Waals surface area contributed by atoms with Crippen molar-refractivity contribution >= 4 is 17.4 Å². The van der Waals surface area contributed by atoms with Crippen molar-refractivity contribution in [3.63, 3.8) is 0 Å². The molecule has 1 unspecified atom stereocenters. The van der Waals surface area contributed by atoms with Crippen molar-refractivity contribution in [2.24, 2.45) is 5.73 Å². The van der Waals surface area contributed by atoms with Crippen LogP contribution in [0.1, 0.15) is 0 Å². The summed E-state index contributed by atoms with van der Waals surface area (Å²) in [5.74, 6) is -1.36. The zero-order valence-corrected chi connectivity index (χ0v) is 7.00. The Balaban J connectivity index is 2.63. The molecule has 0 aliphatic heterocycles. The van der Waals surface area contributed by atoms with Crippen molar-refractivity contribution in [1.82, 2.24) is 9.59 Å². The second-order valence-corrected chi connectivity index (χ2v) is 2.63. The summed E-state index contributed by atoms with van der Waals surface area (Å²) < 4.78 is 32.0.